The minimum atomic E-state index is -0.508. The average molecular weight is 414 g/mol. The monoisotopic (exact) mass is 414 g/mol. The number of aliphatic imine (C=N–C) groups is 1. The number of nitrogens with one attached hydrogen (secondary N) is 1. The number of amides is 1. The fourth-order valence-corrected chi connectivity index (χ4v) is 3.80. The number of rotatable bonds is 6. The van der Waals surface area contributed by atoms with Gasteiger partial charge in [-0.15, -0.1) is 0 Å². The maximum absolute atomic E-state index is 12.5. The third kappa shape index (κ3) is 5.71. The zero-order valence-electron chi connectivity index (χ0n) is 16.0. The maximum Gasteiger partial charge on any atom is 0.273 e. The molecule has 152 valence electrons. The smallest absolute Gasteiger partial charge is 0.273 e. The molecular weight excluding hydrogens is 392 g/mol. The van der Waals surface area contributed by atoms with Crippen molar-refractivity contribution < 1.29 is 14.5 Å². The Morgan fingerprint density at radius 3 is 2.62 bits per heavy atom. The molecule has 0 radical (unpaired) electrons. The molecule has 8 nitrogen and oxygen atoms in total. The molecule has 9 heteroatoms. The predicted molar refractivity (Wildman–Crippen MR) is 115 cm³/mol. The molecule has 0 saturated carbocycles. The first-order valence-electron chi connectivity index (χ1n) is 9.20. The van der Waals surface area contributed by atoms with E-state index in [4.69, 9.17) is 9.73 Å². The second-order valence-electron chi connectivity index (χ2n) is 6.40. The second kappa shape index (κ2) is 9.92. The number of benzene rings is 2. The number of nitro groups is 1. The van der Waals surface area contributed by atoms with Gasteiger partial charge in [0.25, 0.3) is 5.69 Å². The first-order valence-corrected chi connectivity index (χ1v) is 10.2. The van der Waals surface area contributed by atoms with Crippen LogP contribution in [0, 0.1) is 10.1 Å². The van der Waals surface area contributed by atoms with E-state index in [1.165, 1.54) is 37.1 Å². The molecule has 0 aliphatic carbocycles. The highest BCUT2D eigenvalue weighted by Gasteiger charge is 2.19. The minimum absolute atomic E-state index is 0.0967. The topological polar surface area (TPSA) is 97.1 Å². The van der Waals surface area contributed by atoms with Crippen molar-refractivity contribution in [2.45, 2.75) is 12.8 Å². The molecule has 0 atom stereocenters. The van der Waals surface area contributed by atoms with Crippen molar-refractivity contribution in [1.29, 1.82) is 0 Å². The Morgan fingerprint density at radius 2 is 1.97 bits per heavy atom. The van der Waals surface area contributed by atoms with Gasteiger partial charge in [-0.2, -0.15) is 0 Å². The molecule has 2 aromatic rings. The standard InChI is InChI=1S/C20H22N4O4S/c1-28-18-13-16(24(26)27)9-10-17(18)22-19(25)14-29-20(23-11-5-6-12-23)21-15-7-3-2-4-8-15/h2-4,7-10,13H,5-6,11-12,14H2,1H3,(H,22,25). The average Bonchev–Trinajstić information content (AvgIpc) is 3.26. The van der Waals surface area contributed by atoms with Gasteiger partial charge < -0.3 is 15.0 Å². The van der Waals surface area contributed by atoms with Crippen LogP contribution in [0.1, 0.15) is 12.8 Å². The van der Waals surface area contributed by atoms with Gasteiger partial charge in [0.15, 0.2) is 5.17 Å². The molecule has 0 bridgehead atoms. The van der Waals surface area contributed by atoms with Crippen LogP contribution in [-0.2, 0) is 4.79 Å². The first-order chi connectivity index (χ1) is 14.1. The number of amidine groups is 1. The summed E-state index contributed by atoms with van der Waals surface area (Å²) in [6.45, 7) is 1.85. The van der Waals surface area contributed by atoms with Gasteiger partial charge in [-0.05, 0) is 31.0 Å². The van der Waals surface area contributed by atoms with Gasteiger partial charge in [0.2, 0.25) is 5.91 Å². The van der Waals surface area contributed by atoms with Crippen LogP contribution in [0.15, 0.2) is 53.5 Å². The maximum atomic E-state index is 12.5. The highest BCUT2D eigenvalue weighted by atomic mass is 32.2. The SMILES string of the molecule is COc1cc([N+](=O)[O-])ccc1NC(=O)CSC(=Nc1ccccc1)N1CCCC1. The summed E-state index contributed by atoms with van der Waals surface area (Å²) in [6, 6.07) is 13.7. The van der Waals surface area contributed by atoms with Crippen molar-refractivity contribution in [3.05, 3.63) is 58.6 Å². The molecule has 1 amide bonds. The van der Waals surface area contributed by atoms with Crippen LogP contribution >= 0.6 is 11.8 Å². The Kier molecular flexibility index (Phi) is 7.07. The normalized spacial score (nSPS) is 14.0. The summed E-state index contributed by atoms with van der Waals surface area (Å²) in [5.74, 6) is 0.180. The molecule has 2 aromatic carbocycles. The van der Waals surface area contributed by atoms with E-state index in [0.717, 1.165) is 36.8 Å². The van der Waals surface area contributed by atoms with Crippen LogP contribution in [0.2, 0.25) is 0 Å². The number of hydrogen-bond donors (Lipinski definition) is 1. The van der Waals surface area contributed by atoms with Crippen LogP contribution in [-0.4, -0.2) is 46.9 Å². The number of thioether (sulfide) groups is 1. The molecule has 1 saturated heterocycles. The molecule has 1 N–H and O–H groups in total. The summed E-state index contributed by atoms with van der Waals surface area (Å²) in [6.07, 6.45) is 2.22. The van der Waals surface area contributed by atoms with E-state index in [9.17, 15) is 14.9 Å². The number of carbonyl (C=O) groups excluding carboxylic acids is 1. The zero-order valence-corrected chi connectivity index (χ0v) is 16.9. The first kappa shape index (κ1) is 20.7. The van der Waals surface area contributed by atoms with E-state index in [-0.39, 0.29) is 23.1 Å². The van der Waals surface area contributed by atoms with Gasteiger partial charge in [0.1, 0.15) is 5.75 Å². The third-order valence-electron chi connectivity index (χ3n) is 4.36. The van der Waals surface area contributed by atoms with E-state index < -0.39 is 4.92 Å². The van der Waals surface area contributed by atoms with Crippen LogP contribution in [0.5, 0.6) is 5.75 Å². The van der Waals surface area contributed by atoms with Gasteiger partial charge in [-0.1, -0.05) is 30.0 Å². The number of likely N-dealkylation sites (tertiary alicyclic amines) is 1. The Labute approximate surface area is 173 Å². The van der Waals surface area contributed by atoms with Gasteiger partial charge >= 0.3 is 0 Å². The Bertz CT molecular complexity index is 899. The number of nitro benzene ring substituents is 1. The summed E-state index contributed by atoms with van der Waals surface area (Å²) >= 11 is 1.38. The largest absolute Gasteiger partial charge is 0.494 e. The number of para-hydroxylation sites is 1. The van der Waals surface area contributed by atoms with Gasteiger partial charge in [-0.25, -0.2) is 4.99 Å². The lowest BCUT2D eigenvalue weighted by atomic mass is 10.2. The lowest BCUT2D eigenvalue weighted by Gasteiger charge is -2.19. The number of methoxy groups -OCH3 is 1. The molecule has 29 heavy (non-hydrogen) atoms. The highest BCUT2D eigenvalue weighted by molar-refractivity contribution is 8.14. The number of non-ortho nitro benzene ring substituents is 1. The van der Waals surface area contributed by atoms with E-state index >= 15 is 0 Å². The zero-order chi connectivity index (χ0) is 20.6. The Balaban J connectivity index is 1.67. The van der Waals surface area contributed by atoms with Crippen LogP contribution < -0.4 is 10.1 Å². The molecule has 1 fully saturated rings. The number of carbonyl (C=O) groups is 1. The summed E-state index contributed by atoms with van der Waals surface area (Å²) < 4.78 is 5.17. The van der Waals surface area contributed by atoms with E-state index in [0.29, 0.717) is 5.69 Å². The molecule has 0 unspecified atom stereocenters. The molecule has 1 heterocycles. The lowest BCUT2D eigenvalue weighted by molar-refractivity contribution is -0.384. The summed E-state index contributed by atoms with van der Waals surface area (Å²) in [7, 11) is 1.40. The van der Waals surface area contributed by atoms with Crippen LogP contribution in [0.3, 0.4) is 0 Å². The van der Waals surface area contributed by atoms with Crippen LogP contribution in [0.25, 0.3) is 0 Å². The Morgan fingerprint density at radius 1 is 1.24 bits per heavy atom. The van der Waals surface area contributed by atoms with Crippen LogP contribution in [0.4, 0.5) is 17.1 Å². The van der Waals surface area contributed by atoms with Crippen molar-refractivity contribution in [3.63, 3.8) is 0 Å². The predicted octanol–water partition coefficient (Wildman–Crippen LogP) is 4.06. The molecular formula is C20H22N4O4S. The van der Waals surface area contributed by atoms with Crippen molar-refractivity contribution >= 4 is 39.9 Å². The molecule has 1 aliphatic rings. The second-order valence-corrected chi connectivity index (χ2v) is 7.35. The lowest BCUT2D eigenvalue weighted by Crippen LogP contribution is -2.27. The highest BCUT2D eigenvalue weighted by Crippen LogP contribution is 2.29. The van der Waals surface area contributed by atoms with E-state index in [2.05, 4.69) is 10.2 Å². The molecule has 1 aliphatic heterocycles. The number of hydrogen-bond acceptors (Lipinski definition) is 6. The van der Waals surface area contributed by atoms with E-state index in [1.807, 2.05) is 30.3 Å². The molecule has 0 spiro atoms. The van der Waals surface area contributed by atoms with Gasteiger partial charge in [-0.3, -0.25) is 14.9 Å². The van der Waals surface area contributed by atoms with E-state index in [1.54, 1.807) is 0 Å². The van der Waals surface area contributed by atoms with Crippen molar-refractivity contribution in [3.8, 4) is 5.75 Å². The van der Waals surface area contributed by atoms with Crippen molar-refractivity contribution in [2.24, 2.45) is 4.99 Å². The summed E-state index contributed by atoms with van der Waals surface area (Å²) in [5.41, 5.74) is 1.14. The molecule has 3 rings (SSSR count). The number of anilines is 1. The Hall–Kier alpha value is -3.07. The summed E-state index contributed by atoms with van der Waals surface area (Å²) in [4.78, 5) is 29.8. The van der Waals surface area contributed by atoms with Crippen molar-refractivity contribution in [1.82, 2.24) is 4.90 Å². The molecule has 0 aromatic heterocycles. The number of nitrogens with zero attached hydrogens (tertiary/aromatic N) is 3. The number of ether oxygens (including phenoxy) is 1. The fraction of sp³-hybridized carbons (Fsp3) is 0.300. The summed E-state index contributed by atoms with van der Waals surface area (Å²) in [5, 5.41) is 14.5. The third-order valence-corrected chi connectivity index (χ3v) is 5.37. The van der Waals surface area contributed by atoms with Gasteiger partial charge in [0, 0.05) is 19.2 Å². The van der Waals surface area contributed by atoms with Gasteiger partial charge in [0.05, 0.1) is 35.2 Å². The quantitative estimate of drug-likeness (QED) is 0.331. The van der Waals surface area contributed by atoms with Crippen molar-refractivity contribution in [2.75, 3.05) is 31.3 Å². The fourth-order valence-electron chi connectivity index (χ4n) is 2.93. The minimum Gasteiger partial charge on any atom is -0.494 e.